The molecule has 2 N–H and O–H groups in total. The van der Waals surface area contributed by atoms with E-state index in [1.54, 1.807) is 12.1 Å². The van der Waals surface area contributed by atoms with Crippen molar-refractivity contribution < 1.29 is 10.0 Å². The maximum absolute atomic E-state index is 10.9. The lowest BCUT2D eigenvalue weighted by atomic mass is 10.0. The summed E-state index contributed by atoms with van der Waals surface area (Å²) in [6, 6.07) is 4.82. The predicted molar refractivity (Wildman–Crippen MR) is 79.9 cm³/mol. The highest BCUT2D eigenvalue weighted by molar-refractivity contribution is 5.56. The summed E-state index contributed by atoms with van der Waals surface area (Å²) >= 11 is 0. The third kappa shape index (κ3) is 3.91. The normalized spacial score (nSPS) is 11.7. The molecule has 1 aromatic rings. The molecule has 1 aromatic carbocycles. The number of nitro benzene ring substituents is 1. The molecule has 0 heterocycles. The molecule has 0 radical (unpaired) electrons. The number of anilines is 1. The molecule has 112 valence electrons. The van der Waals surface area contributed by atoms with Crippen molar-refractivity contribution in [2.24, 2.45) is 0 Å². The zero-order valence-corrected chi connectivity index (χ0v) is 12.5. The van der Waals surface area contributed by atoms with Crippen LogP contribution in [0.25, 0.3) is 0 Å². The van der Waals surface area contributed by atoms with Crippen molar-refractivity contribution in [2.75, 3.05) is 25.5 Å². The molecule has 6 nitrogen and oxygen atoms in total. The second kappa shape index (κ2) is 6.67. The number of benzene rings is 1. The van der Waals surface area contributed by atoms with Gasteiger partial charge in [0.15, 0.2) is 0 Å². The van der Waals surface area contributed by atoms with Crippen molar-refractivity contribution in [3.05, 3.63) is 33.9 Å². The number of nitrogens with one attached hydrogen (secondary N) is 1. The van der Waals surface area contributed by atoms with Crippen LogP contribution in [0.5, 0.6) is 0 Å². The summed E-state index contributed by atoms with van der Waals surface area (Å²) in [5.41, 5.74) is 1.44. The van der Waals surface area contributed by atoms with Gasteiger partial charge in [-0.1, -0.05) is 0 Å². The number of hydrogen-bond donors (Lipinski definition) is 2. The van der Waals surface area contributed by atoms with E-state index in [0.29, 0.717) is 6.54 Å². The van der Waals surface area contributed by atoms with Gasteiger partial charge in [-0.2, -0.15) is 0 Å². The van der Waals surface area contributed by atoms with E-state index in [0.717, 1.165) is 17.8 Å². The number of aliphatic hydroxyl groups excluding tert-OH is 1. The van der Waals surface area contributed by atoms with E-state index in [1.165, 1.54) is 6.07 Å². The fraction of sp³-hybridized carbons (Fsp3) is 0.571. The standard InChI is InChI=1S/C14H23N3O3/c1-5-15-13-7-6-12(17(19)20)8-11(13)9-16(4)14(2,3)10-18/h6-8,15,18H,5,9-10H2,1-4H3. The molecular formula is C14H23N3O3. The Morgan fingerprint density at radius 1 is 1.45 bits per heavy atom. The first-order valence-corrected chi connectivity index (χ1v) is 6.65. The fourth-order valence-corrected chi connectivity index (χ4v) is 1.78. The topological polar surface area (TPSA) is 78.6 Å². The summed E-state index contributed by atoms with van der Waals surface area (Å²) in [6.45, 7) is 7.13. The number of aliphatic hydroxyl groups is 1. The molecule has 0 atom stereocenters. The molecule has 20 heavy (non-hydrogen) atoms. The second-order valence-electron chi connectivity index (χ2n) is 5.46. The van der Waals surface area contributed by atoms with Gasteiger partial charge >= 0.3 is 0 Å². The van der Waals surface area contributed by atoms with Crippen LogP contribution in [-0.2, 0) is 6.54 Å². The van der Waals surface area contributed by atoms with Gasteiger partial charge in [0.1, 0.15) is 0 Å². The Morgan fingerprint density at radius 2 is 2.10 bits per heavy atom. The molecule has 6 heteroatoms. The molecule has 0 bridgehead atoms. The van der Waals surface area contributed by atoms with Crippen LogP contribution in [0.3, 0.4) is 0 Å². The van der Waals surface area contributed by atoms with Gasteiger partial charge in [0, 0.05) is 36.4 Å². The highest BCUT2D eigenvalue weighted by Crippen LogP contribution is 2.25. The van der Waals surface area contributed by atoms with Crippen molar-refractivity contribution in [3.8, 4) is 0 Å². The Balaban J connectivity index is 3.06. The maximum atomic E-state index is 10.9. The first kappa shape index (κ1) is 16.4. The molecule has 0 saturated heterocycles. The van der Waals surface area contributed by atoms with E-state index in [9.17, 15) is 15.2 Å². The van der Waals surface area contributed by atoms with Gasteiger partial charge in [-0.15, -0.1) is 0 Å². The zero-order valence-electron chi connectivity index (χ0n) is 12.5. The minimum atomic E-state index is -0.392. The van der Waals surface area contributed by atoms with Crippen LogP contribution in [0.15, 0.2) is 18.2 Å². The Labute approximate surface area is 119 Å². The minimum Gasteiger partial charge on any atom is -0.394 e. The van der Waals surface area contributed by atoms with Crippen LogP contribution in [0.4, 0.5) is 11.4 Å². The third-order valence-electron chi connectivity index (χ3n) is 3.49. The molecule has 0 fully saturated rings. The van der Waals surface area contributed by atoms with E-state index < -0.39 is 4.92 Å². The molecule has 0 unspecified atom stereocenters. The van der Waals surface area contributed by atoms with Crippen LogP contribution in [0, 0.1) is 10.1 Å². The van der Waals surface area contributed by atoms with Crippen molar-refractivity contribution >= 4 is 11.4 Å². The van der Waals surface area contributed by atoms with Crippen LogP contribution in [0.1, 0.15) is 26.3 Å². The highest BCUT2D eigenvalue weighted by Gasteiger charge is 2.23. The largest absolute Gasteiger partial charge is 0.394 e. The lowest BCUT2D eigenvalue weighted by Crippen LogP contribution is -2.43. The second-order valence-corrected chi connectivity index (χ2v) is 5.46. The monoisotopic (exact) mass is 281 g/mol. The predicted octanol–water partition coefficient (Wildman–Crippen LogP) is 2.23. The zero-order chi connectivity index (χ0) is 15.3. The lowest BCUT2D eigenvalue weighted by Gasteiger charge is -2.34. The molecule has 0 aliphatic heterocycles. The Morgan fingerprint density at radius 3 is 2.60 bits per heavy atom. The molecule has 0 spiro atoms. The summed E-state index contributed by atoms with van der Waals surface area (Å²) < 4.78 is 0. The van der Waals surface area contributed by atoms with Crippen molar-refractivity contribution in [2.45, 2.75) is 32.9 Å². The van der Waals surface area contributed by atoms with Crippen LogP contribution in [0.2, 0.25) is 0 Å². The van der Waals surface area contributed by atoms with Gasteiger partial charge in [0.2, 0.25) is 0 Å². The summed E-state index contributed by atoms with van der Waals surface area (Å²) in [5.74, 6) is 0. The van der Waals surface area contributed by atoms with Gasteiger partial charge in [-0.05, 0) is 39.4 Å². The van der Waals surface area contributed by atoms with Gasteiger partial charge in [-0.25, -0.2) is 0 Å². The van der Waals surface area contributed by atoms with Gasteiger partial charge in [0.05, 0.1) is 11.5 Å². The Kier molecular flexibility index (Phi) is 5.47. The summed E-state index contributed by atoms with van der Waals surface area (Å²) in [4.78, 5) is 12.5. The molecule has 0 saturated carbocycles. The number of rotatable bonds is 7. The first-order valence-electron chi connectivity index (χ1n) is 6.65. The summed E-state index contributed by atoms with van der Waals surface area (Å²) in [7, 11) is 1.89. The Bertz CT molecular complexity index is 475. The number of nitro groups is 1. The van der Waals surface area contributed by atoms with Gasteiger partial charge in [-0.3, -0.25) is 15.0 Å². The van der Waals surface area contributed by atoms with Gasteiger partial charge in [0.25, 0.3) is 5.69 Å². The number of hydrogen-bond acceptors (Lipinski definition) is 5. The molecule has 0 aliphatic rings. The fourth-order valence-electron chi connectivity index (χ4n) is 1.78. The van der Waals surface area contributed by atoms with Crippen LogP contribution >= 0.6 is 0 Å². The van der Waals surface area contributed by atoms with Gasteiger partial charge < -0.3 is 10.4 Å². The first-order chi connectivity index (χ1) is 9.31. The summed E-state index contributed by atoms with van der Waals surface area (Å²) in [5, 5.41) is 23.5. The van der Waals surface area contributed by atoms with E-state index in [4.69, 9.17) is 0 Å². The smallest absolute Gasteiger partial charge is 0.269 e. The number of nitrogens with zero attached hydrogens (tertiary/aromatic N) is 2. The molecular weight excluding hydrogens is 258 g/mol. The third-order valence-corrected chi connectivity index (χ3v) is 3.49. The minimum absolute atomic E-state index is 0.0228. The molecule has 0 aromatic heterocycles. The van der Waals surface area contributed by atoms with E-state index in [1.807, 2.05) is 32.7 Å². The quantitative estimate of drug-likeness (QED) is 0.592. The number of non-ortho nitro benzene ring substituents is 1. The Hall–Kier alpha value is -1.66. The van der Waals surface area contributed by atoms with Crippen LogP contribution < -0.4 is 5.32 Å². The van der Waals surface area contributed by atoms with Crippen molar-refractivity contribution in [1.29, 1.82) is 0 Å². The number of likely N-dealkylation sites (N-methyl/N-ethyl adjacent to an activating group) is 1. The highest BCUT2D eigenvalue weighted by atomic mass is 16.6. The van der Waals surface area contributed by atoms with Crippen LogP contribution in [-0.4, -0.2) is 40.7 Å². The lowest BCUT2D eigenvalue weighted by molar-refractivity contribution is -0.384. The van der Waals surface area contributed by atoms with E-state index >= 15 is 0 Å². The van der Waals surface area contributed by atoms with E-state index in [-0.39, 0.29) is 17.8 Å². The van der Waals surface area contributed by atoms with Crippen molar-refractivity contribution in [1.82, 2.24) is 4.90 Å². The molecule has 1 rings (SSSR count). The molecule has 0 aliphatic carbocycles. The average Bonchev–Trinajstić information content (AvgIpc) is 2.40. The van der Waals surface area contributed by atoms with E-state index in [2.05, 4.69) is 5.32 Å². The maximum Gasteiger partial charge on any atom is 0.269 e. The molecule has 0 amide bonds. The average molecular weight is 281 g/mol. The SMILES string of the molecule is CCNc1ccc([N+](=O)[O-])cc1CN(C)C(C)(C)CO. The summed E-state index contributed by atoms with van der Waals surface area (Å²) in [6.07, 6.45) is 0. The van der Waals surface area contributed by atoms with Crippen molar-refractivity contribution in [3.63, 3.8) is 0 Å².